The van der Waals surface area contributed by atoms with Crippen molar-refractivity contribution in [3.05, 3.63) is 48.3 Å². The first-order chi connectivity index (χ1) is 7.81. The third-order valence-electron chi connectivity index (χ3n) is 2.55. The normalized spacial score (nSPS) is 10.3. The average Bonchev–Trinajstić information content (AvgIpc) is 2.31. The van der Waals surface area contributed by atoms with Crippen molar-refractivity contribution in [2.75, 3.05) is 0 Å². The Labute approximate surface area is 95.6 Å². The Morgan fingerprint density at radius 1 is 1.12 bits per heavy atom. The van der Waals surface area contributed by atoms with Gasteiger partial charge in [0.15, 0.2) is 0 Å². The number of benzene rings is 1. The summed E-state index contributed by atoms with van der Waals surface area (Å²) < 4.78 is 0. The fourth-order valence-corrected chi connectivity index (χ4v) is 1.71. The SMILES string of the molecule is CCCc1ccc(-c2ccccc2O)cn1. The van der Waals surface area contributed by atoms with Crippen LogP contribution in [0.25, 0.3) is 11.1 Å². The van der Waals surface area contributed by atoms with Crippen LogP contribution in [0.1, 0.15) is 19.0 Å². The van der Waals surface area contributed by atoms with E-state index in [-0.39, 0.29) is 0 Å². The Morgan fingerprint density at radius 3 is 2.56 bits per heavy atom. The number of hydrogen-bond donors (Lipinski definition) is 1. The lowest BCUT2D eigenvalue weighted by molar-refractivity contribution is 0.477. The van der Waals surface area contributed by atoms with E-state index < -0.39 is 0 Å². The van der Waals surface area contributed by atoms with Gasteiger partial charge in [-0.2, -0.15) is 0 Å². The minimum Gasteiger partial charge on any atom is -0.507 e. The lowest BCUT2D eigenvalue weighted by Gasteiger charge is -2.04. The lowest BCUT2D eigenvalue weighted by atomic mass is 10.1. The molecule has 0 saturated carbocycles. The molecule has 0 radical (unpaired) electrons. The summed E-state index contributed by atoms with van der Waals surface area (Å²) in [4.78, 5) is 4.37. The minimum absolute atomic E-state index is 0.299. The first-order valence-electron chi connectivity index (χ1n) is 5.54. The Bertz CT molecular complexity index is 462. The highest BCUT2D eigenvalue weighted by Crippen LogP contribution is 2.27. The molecule has 16 heavy (non-hydrogen) atoms. The number of phenolic OH excluding ortho intramolecular Hbond substituents is 1. The van der Waals surface area contributed by atoms with Gasteiger partial charge in [-0.25, -0.2) is 0 Å². The van der Waals surface area contributed by atoms with E-state index in [1.807, 2.05) is 36.5 Å². The zero-order chi connectivity index (χ0) is 11.4. The number of aryl methyl sites for hydroxylation is 1. The standard InChI is InChI=1S/C14H15NO/c1-2-5-12-9-8-11(10-15-12)13-6-3-4-7-14(13)16/h3-4,6-10,16H,2,5H2,1H3. The van der Waals surface area contributed by atoms with E-state index in [9.17, 15) is 5.11 Å². The summed E-state index contributed by atoms with van der Waals surface area (Å²) in [6.07, 6.45) is 3.92. The van der Waals surface area contributed by atoms with E-state index in [4.69, 9.17) is 0 Å². The van der Waals surface area contributed by atoms with E-state index in [1.165, 1.54) is 0 Å². The van der Waals surface area contributed by atoms with E-state index in [0.29, 0.717) is 5.75 Å². The summed E-state index contributed by atoms with van der Waals surface area (Å²) in [6, 6.07) is 11.3. The second-order valence-electron chi connectivity index (χ2n) is 3.81. The first-order valence-corrected chi connectivity index (χ1v) is 5.54. The van der Waals surface area contributed by atoms with Gasteiger partial charge in [-0.05, 0) is 18.6 Å². The van der Waals surface area contributed by atoms with Gasteiger partial charge in [-0.1, -0.05) is 37.6 Å². The average molecular weight is 213 g/mol. The molecular formula is C14H15NO. The van der Waals surface area contributed by atoms with E-state index in [1.54, 1.807) is 6.07 Å². The van der Waals surface area contributed by atoms with Crippen molar-refractivity contribution < 1.29 is 5.11 Å². The molecule has 2 aromatic rings. The molecule has 0 aliphatic heterocycles. The number of aromatic hydroxyl groups is 1. The van der Waals surface area contributed by atoms with Gasteiger partial charge < -0.3 is 5.11 Å². The summed E-state index contributed by atoms with van der Waals surface area (Å²) >= 11 is 0. The molecule has 0 unspecified atom stereocenters. The van der Waals surface area contributed by atoms with Crippen molar-refractivity contribution in [3.8, 4) is 16.9 Å². The Balaban J connectivity index is 2.31. The molecule has 0 amide bonds. The molecule has 0 bridgehead atoms. The van der Waals surface area contributed by atoms with Gasteiger partial charge in [-0.15, -0.1) is 0 Å². The van der Waals surface area contributed by atoms with E-state index >= 15 is 0 Å². The fraction of sp³-hybridized carbons (Fsp3) is 0.214. The maximum Gasteiger partial charge on any atom is 0.123 e. The van der Waals surface area contributed by atoms with Crippen molar-refractivity contribution in [2.24, 2.45) is 0 Å². The van der Waals surface area contributed by atoms with Crippen LogP contribution < -0.4 is 0 Å². The number of aromatic nitrogens is 1. The number of phenols is 1. The molecule has 1 heterocycles. The van der Waals surface area contributed by atoms with Crippen molar-refractivity contribution in [3.63, 3.8) is 0 Å². The van der Waals surface area contributed by atoms with Crippen LogP contribution in [0.4, 0.5) is 0 Å². The molecular weight excluding hydrogens is 198 g/mol. The van der Waals surface area contributed by atoms with Crippen molar-refractivity contribution in [2.45, 2.75) is 19.8 Å². The topological polar surface area (TPSA) is 33.1 Å². The molecule has 1 aromatic heterocycles. The van der Waals surface area contributed by atoms with Gasteiger partial charge >= 0.3 is 0 Å². The maximum atomic E-state index is 9.71. The van der Waals surface area contributed by atoms with Crippen molar-refractivity contribution in [1.82, 2.24) is 4.98 Å². The zero-order valence-corrected chi connectivity index (χ0v) is 9.35. The molecule has 2 heteroatoms. The van der Waals surface area contributed by atoms with Gasteiger partial charge in [-0.3, -0.25) is 4.98 Å². The lowest BCUT2D eigenvalue weighted by Crippen LogP contribution is -1.89. The number of hydrogen-bond acceptors (Lipinski definition) is 2. The van der Waals surface area contributed by atoms with Gasteiger partial charge in [0.2, 0.25) is 0 Å². The Kier molecular flexibility index (Phi) is 3.20. The van der Waals surface area contributed by atoms with E-state index in [0.717, 1.165) is 29.7 Å². The highest BCUT2D eigenvalue weighted by atomic mass is 16.3. The number of pyridine rings is 1. The van der Waals surface area contributed by atoms with Gasteiger partial charge in [0.05, 0.1) is 0 Å². The molecule has 0 spiro atoms. The van der Waals surface area contributed by atoms with Crippen LogP contribution in [0.3, 0.4) is 0 Å². The molecule has 0 aliphatic carbocycles. The third-order valence-corrected chi connectivity index (χ3v) is 2.55. The van der Waals surface area contributed by atoms with Crippen molar-refractivity contribution in [1.29, 1.82) is 0 Å². The van der Waals surface area contributed by atoms with Crippen LogP contribution >= 0.6 is 0 Å². The molecule has 0 saturated heterocycles. The van der Waals surface area contributed by atoms with Crippen LogP contribution in [0.5, 0.6) is 5.75 Å². The molecule has 2 nitrogen and oxygen atoms in total. The molecule has 82 valence electrons. The van der Waals surface area contributed by atoms with Crippen LogP contribution in [-0.2, 0) is 6.42 Å². The summed E-state index contributed by atoms with van der Waals surface area (Å²) in [5.74, 6) is 0.299. The van der Waals surface area contributed by atoms with Crippen LogP contribution in [-0.4, -0.2) is 10.1 Å². The van der Waals surface area contributed by atoms with Crippen LogP contribution in [0.2, 0.25) is 0 Å². The van der Waals surface area contributed by atoms with Crippen LogP contribution in [0, 0.1) is 0 Å². The number of rotatable bonds is 3. The summed E-state index contributed by atoms with van der Waals surface area (Å²) in [5, 5.41) is 9.71. The van der Waals surface area contributed by atoms with Gasteiger partial charge in [0.1, 0.15) is 5.75 Å². The third kappa shape index (κ3) is 2.22. The molecule has 0 aliphatic rings. The predicted octanol–water partition coefficient (Wildman–Crippen LogP) is 3.41. The molecule has 0 atom stereocenters. The number of para-hydroxylation sites is 1. The summed E-state index contributed by atoms with van der Waals surface area (Å²) in [6.45, 7) is 2.14. The smallest absolute Gasteiger partial charge is 0.123 e. The van der Waals surface area contributed by atoms with Gasteiger partial charge in [0.25, 0.3) is 0 Å². The quantitative estimate of drug-likeness (QED) is 0.847. The molecule has 0 fully saturated rings. The minimum atomic E-state index is 0.299. The predicted molar refractivity (Wildman–Crippen MR) is 65.3 cm³/mol. The largest absolute Gasteiger partial charge is 0.507 e. The van der Waals surface area contributed by atoms with Gasteiger partial charge in [0, 0.05) is 23.0 Å². The molecule has 2 rings (SSSR count). The number of nitrogens with zero attached hydrogens (tertiary/aromatic N) is 1. The van der Waals surface area contributed by atoms with E-state index in [2.05, 4.69) is 11.9 Å². The summed E-state index contributed by atoms with van der Waals surface area (Å²) in [7, 11) is 0. The Hall–Kier alpha value is -1.83. The fourth-order valence-electron chi connectivity index (χ4n) is 1.71. The first kappa shape index (κ1) is 10.7. The second kappa shape index (κ2) is 4.79. The molecule has 1 aromatic carbocycles. The monoisotopic (exact) mass is 213 g/mol. The maximum absolute atomic E-state index is 9.71. The highest BCUT2D eigenvalue weighted by molar-refractivity contribution is 5.69. The van der Waals surface area contributed by atoms with Crippen LogP contribution in [0.15, 0.2) is 42.6 Å². The Morgan fingerprint density at radius 2 is 1.94 bits per heavy atom. The van der Waals surface area contributed by atoms with Crippen molar-refractivity contribution >= 4 is 0 Å². The summed E-state index contributed by atoms with van der Waals surface area (Å²) in [5.41, 5.74) is 2.89. The zero-order valence-electron chi connectivity index (χ0n) is 9.35. The highest BCUT2D eigenvalue weighted by Gasteiger charge is 2.03. The second-order valence-corrected chi connectivity index (χ2v) is 3.81. The molecule has 1 N–H and O–H groups in total.